The first-order chi connectivity index (χ1) is 9.90. The number of hydrogen-bond acceptors (Lipinski definition) is 4. The molecule has 0 aliphatic heterocycles. The molecule has 2 N–H and O–H groups in total. The number of rotatable bonds is 4. The van der Waals surface area contributed by atoms with Crippen molar-refractivity contribution in [3.05, 3.63) is 49.4 Å². The molecule has 1 amide bonds. The summed E-state index contributed by atoms with van der Waals surface area (Å²) in [5.41, 5.74) is 0.688. The number of hydrogen-bond donors (Lipinski definition) is 2. The molecule has 0 bridgehead atoms. The number of aromatic nitrogens is 1. The highest BCUT2D eigenvalue weighted by molar-refractivity contribution is 7.13. The van der Waals surface area contributed by atoms with E-state index in [2.05, 4.69) is 10.3 Å². The van der Waals surface area contributed by atoms with E-state index >= 15 is 0 Å². The van der Waals surface area contributed by atoms with Crippen LogP contribution in [0, 0.1) is 6.92 Å². The lowest BCUT2D eigenvalue weighted by molar-refractivity contribution is 0.0701. The van der Waals surface area contributed by atoms with Crippen LogP contribution in [0.1, 0.15) is 30.7 Å². The Hall–Kier alpha value is -1.63. The van der Waals surface area contributed by atoms with E-state index in [-0.39, 0.29) is 22.0 Å². The van der Waals surface area contributed by atoms with E-state index in [9.17, 15) is 9.59 Å². The second kappa shape index (κ2) is 6.43. The van der Waals surface area contributed by atoms with Crippen molar-refractivity contribution in [1.82, 2.24) is 10.3 Å². The number of halogens is 2. The molecule has 110 valence electrons. The van der Waals surface area contributed by atoms with Crippen molar-refractivity contribution in [3.8, 4) is 0 Å². The van der Waals surface area contributed by atoms with Crippen LogP contribution in [-0.4, -0.2) is 22.0 Å². The summed E-state index contributed by atoms with van der Waals surface area (Å²) in [6, 6.07) is 4.77. The third kappa shape index (κ3) is 3.53. The summed E-state index contributed by atoms with van der Waals surface area (Å²) in [6.07, 6.45) is 0. The van der Waals surface area contributed by atoms with E-state index in [1.807, 2.05) is 0 Å². The van der Waals surface area contributed by atoms with Gasteiger partial charge in [0.2, 0.25) is 0 Å². The molecule has 8 heteroatoms. The van der Waals surface area contributed by atoms with Crippen LogP contribution in [0.3, 0.4) is 0 Å². The average Bonchev–Trinajstić information content (AvgIpc) is 2.80. The summed E-state index contributed by atoms with van der Waals surface area (Å²) in [5, 5.41) is 12.6. The number of amides is 1. The monoisotopic (exact) mass is 344 g/mol. The fourth-order valence-electron chi connectivity index (χ4n) is 1.66. The summed E-state index contributed by atoms with van der Waals surface area (Å²) in [7, 11) is 0. The topological polar surface area (TPSA) is 79.3 Å². The summed E-state index contributed by atoms with van der Waals surface area (Å²) < 4.78 is 0. The Morgan fingerprint density at radius 2 is 2.10 bits per heavy atom. The van der Waals surface area contributed by atoms with Gasteiger partial charge in [0.05, 0.1) is 27.8 Å². The van der Waals surface area contributed by atoms with Crippen LogP contribution in [0.4, 0.5) is 0 Å². The van der Waals surface area contributed by atoms with Gasteiger partial charge in [-0.1, -0.05) is 29.3 Å². The Balaban J connectivity index is 2.09. The van der Waals surface area contributed by atoms with Crippen molar-refractivity contribution in [2.24, 2.45) is 0 Å². The number of carbonyl (C=O) groups is 2. The van der Waals surface area contributed by atoms with Crippen molar-refractivity contribution >= 4 is 46.4 Å². The molecule has 1 heterocycles. The van der Waals surface area contributed by atoms with Crippen LogP contribution >= 0.6 is 34.5 Å². The molecule has 0 saturated heterocycles. The lowest BCUT2D eigenvalue weighted by atomic mass is 10.2. The Kier molecular flexibility index (Phi) is 4.82. The first kappa shape index (κ1) is 15.8. The summed E-state index contributed by atoms with van der Waals surface area (Å²) in [6.45, 7) is 1.74. The van der Waals surface area contributed by atoms with Gasteiger partial charge in [-0.2, -0.15) is 0 Å². The standard InChI is InChI=1S/C13H10Cl2N2O3S/c1-6-11(13(19)20)21-9(17-6)5-16-12(18)7-3-2-4-8(14)10(7)15/h2-4H,5H2,1H3,(H,16,18)(H,19,20). The second-order valence-corrected chi connectivity index (χ2v) is 5.98. The van der Waals surface area contributed by atoms with E-state index in [0.717, 1.165) is 11.3 Å². The molecule has 21 heavy (non-hydrogen) atoms. The maximum absolute atomic E-state index is 12.0. The lowest BCUT2D eigenvalue weighted by Crippen LogP contribution is -2.23. The molecular formula is C13H10Cl2N2O3S. The van der Waals surface area contributed by atoms with Gasteiger partial charge in [-0.25, -0.2) is 9.78 Å². The minimum absolute atomic E-state index is 0.125. The molecule has 2 rings (SSSR count). The van der Waals surface area contributed by atoms with Gasteiger partial charge in [-0.05, 0) is 19.1 Å². The highest BCUT2D eigenvalue weighted by Gasteiger charge is 2.16. The molecule has 0 saturated carbocycles. The van der Waals surface area contributed by atoms with E-state index < -0.39 is 11.9 Å². The van der Waals surface area contributed by atoms with E-state index in [1.165, 1.54) is 0 Å². The molecule has 0 aliphatic carbocycles. The number of aryl methyl sites for hydroxylation is 1. The van der Waals surface area contributed by atoms with Crippen molar-refractivity contribution in [2.45, 2.75) is 13.5 Å². The number of nitrogens with one attached hydrogen (secondary N) is 1. The lowest BCUT2D eigenvalue weighted by Gasteiger charge is -2.06. The highest BCUT2D eigenvalue weighted by atomic mass is 35.5. The molecule has 0 radical (unpaired) electrons. The van der Waals surface area contributed by atoms with Crippen molar-refractivity contribution in [1.29, 1.82) is 0 Å². The normalized spacial score (nSPS) is 10.4. The van der Waals surface area contributed by atoms with Crippen LogP contribution in [-0.2, 0) is 6.54 Å². The molecule has 2 aromatic rings. The van der Waals surface area contributed by atoms with Gasteiger partial charge in [-0.3, -0.25) is 4.79 Å². The van der Waals surface area contributed by atoms with Gasteiger partial charge in [0.15, 0.2) is 0 Å². The molecule has 0 aliphatic rings. The van der Waals surface area contributed by atoms with Gasteiger partial charge in [0.25, 0.3) is 5.91 Å². The average molecular weight is 345 g/mol. The zero-order valence-corrected chi connectivity index (χ0v) is 13.1. The van der Waals surface area contributed by atoms with Crippen LogP contribution in [0.15, 0.2) is 18.2 Å². The maximum Gasteiger partial charge on any atom is 0.347 e. The third-order valence-corrected chi connectivity index (χ3v) is 4.60. The summed E-state index contributed by atoms with van der Waals surface area (Å²) in [4.78, 5) is 27.2. The first-order valence-electron chi connectivity index (χ1n) is 5.82. The van der Waals surface area contributed by atoms with Crippen molar-refractivity contribution in [3.63, 3.8) is 0 Å². The van der Waals surface area contributed by atoms with E-state index in [4.69, 9.17) is 28.3 Å². The van der Waals surface area contributed by atoms with E-state index in [1.54, 1.807) is 25.1 Å². The summed E-state index contributed by atoms with van der Waals surface area (Å²) in [5.74, 6) is -1.42. The molecule has 5 nitrogen and oxygen atoms in total. The predicted molar refractivity (Wildman–Crippen MR) is 81.4 cm³/mol. The fraction of sp³-hybridized carbons (Fsp3) is 0.154. The zero-order chi connectivity index (χ0) is 15.6. The van der Waals surface area contributed by atoms with Gasteiger partial charge >= 0.3 is 5.97 Å². The molecule has 0 atom stereocenters. The molecule has 1 aromatic heterocycles. The van der Waals surface area contributed by atoms with Crippen molar-refractivity contribution < 1.29 is 14.7 Å². The number of thiazole rings is 1. The largest absolute Gasteiger partial charge is 0.477 e. The second-order valence-electron chi connectivity index (χ2n) is 4.11. The van der Waals surface area contributed by atoms with E-state index in [0.29, 0.717) is 15.7 Å². The number of carbonyl (C=O) groups excluding carboxylic acids is 1. The molecule has 0 fully saturated rings. The van der Waals surface area contributed by atoms with Gasteiger partial charge in [0.1, 0.15) is 9.88 Å². The van der Waals surface area contributed by atoms with Crippen LogP contribution < -0.4 is 5.32 Å². The number of nitrogens with zero attached hydrogens (tertiary/aromatic N) is 1. The Morgan fingerprint density at radius 3 is 2.71 bits per heavy atom. The van der Waals surface area contributed by atoms with Gasteiger partial charge in [-0.15, -0.1) is 11.3 Å². The van der Waals surface area contributed by atoms with Gasteiger partial charge in [0, 0.05) is 0 Å². The third-order valence-electron chi connectivity index (χ3n) is 2.63. The highest BCUT2D eigenvalue weighted by Crippen LogP contribution is 2.25. The quantitative estimate of drug-likeness (QED) is 0.890. The molecular weight excluding hydrogens is 335 g/mol. The Bertz CT molecular complexity index is 715. The number of carboxylic acid groups (broad SMARTS) is 1. The molecule has 0 spiro atoms. The molecule has 1 aromatic carbocycles. The SMILES string of the molecule is Cc1nc(CNC(=O)c2cccc(Cl)c2Cl)sc1C(=O)O. The minimum Gasteiger partial charge on any atom is -0.477 e. The van der Waals surface area contributed by atoms with Crippen LogP contribution in [0.5, 0.6) is 0 Å². The predicted octanol–water partition coefficient (Wildman–Crippen LogP) is 3.39. The number of aromatic carboxylic acids is 1. The Labute approximate surface area is 134 Å². The first-order valence-corrected chi connectivity index (χ1v) is 7.39. The minimum atomic E-state index is -1.03. The summed E-state index contributed by atoms with van der Waals surface area (Å²) >= 11 is 12.8. The van der Waals surface area contributed by atoms with Crippen LogP contribution in [0.25, 0.3) is 0 Å². The molecule has 0 unspecified atom stereocenters. The number of benzene rings is 1. The Morgan fingerprint density at radius 1 is 1.38 bits per heavy atom. The number of carboxylic acids is 1. The fourth-order valence-corrected chi connectivity index (χ4v) is 2.89. The van der Waals surface area contributed by atoms with Crippen molar-refractivity contribution in [2.75, 3.05) is 0 Å². The smallest absolute Gasteiger partial charge is 0.347 e. The van der Waals surface area contributed by atoms with Gasteiger partial charge < -0.3 is 10.4 Å². The zero-order valence-electron chi connectivity index (χ0n) is 10.8. The van der Waals surface area contributed by atoms with Crippen LogP contribution in [0.2, 0.25) is 10.0 Å². The maximum atomic E-state index is 12.0.